The Hall–Kier alpha value is -1.34. The van der Waals surface area contributed by atoms with Crippen LogP contribution >= 0.6 is 11.8 Å². The van der Waals surface area contributed by atoms with E-state index < -0.39 is 6.61 Å². The molecule has 122 valence electrons. The van der Waals surface area contributed by atoms with Crippen molar-refractivity contribution in [1.82, 2.24) is 9.80 Å². The Balaban J connectivity index is 2.12. The number of amides is 1. The topological polar surface area (TPSA) is 32.8 Å². The van der Waals surface area contributed by atoms with Crippen LogP contribution < -0.4 is 4.74 Å². The molecule has 2 atom stereocenters. The van der Waals surface area contributed by atoms with Crippen molar-refractivity contribution in [3.05, 3.63) is 29.8 Å². The number of thioether (sulfide) groups is 1. The lowest BCUT2D eigenvalue weighted by Crippen LogP contribution is -2.37. The van der Waals surface area contributed by atoms with Gasteiger partial charge in [-0.15, -0.1) is 0 Å². The summed E-state index contributed by atoms with van der Waals surface area (Å²) in [6.45, 7) is -1.60. The molecule has 0 radical (unpaired) electrons. The van der Waals surface area contributed by atoms with E-state index >= 15 is 0 Å². The molecule has 22 heavy (non-hydrogen) atoms. The van der Waals surface area contributed by atoms with Crippen LogP contribution in [-0.4, -0.2) is 67.1 Å². The van der Waals surface area contributed by atoms with Crippen LogP contribution in [0.1, 0.15) is 10.4 Å². The van der Waals surface area contributed by atoms with E-state index in [2.05, 4.69) is 9.64 Å². The number of rotatable bonds is 5. The van der Waals surface area contributed by atoms with E-state index in [-0.39, 0.29) is 11.7 Å². The number of carbonyl (C=O) groups excluding carboxylic acids is 1. The quantitative estimate of drug-likeness (QED) is 0.830. The van der Waals surface area contributed by atoms with Gasteiger partial charge >= 0.3 is 6.61 Å². The first-order chi connectivity index (χ1) is 10.4. The molecule has 0 saturated carbocycles. The number of halogens is 2. The summed E-state index contributed by atoms with van der Waals surface area (Å²) in [4.78, 5) is 16.5. The third-order valence-corrected chi connectivity index (χ3v) is 4.87. The van der Waals surface area contributed by atoms with Crippen molar-refractivity contribution in [3.8, 4) is 5.75 Å². The smallest absolute Gasteiger partial charge is 0.387 e. The van der Waals surface area contributed by atoms with Crippen LogP contribution in [-0.2, 0) is 0 Å². The van der Waals surface area contributed by atoms with Gasteiger partial charge in [0.25, 0.3) is 5.91 Å². The molecule has 4 nitrogen and oxygen atoms in total. The molecule has 1 heterocycles. The fourth-order valence-corrected chi connectivity index (χ4v) is 3.61. The average molecular weight is 330 g/mol. The lowest BCUT2D eigenvalue weighted by atomic mass is 10.2. The SMILES string of the molecule is CS[C@@H]1CN(C(=O)c2cccc(OC(F)F)c2)C[C@@H]1N(C)C. The number of nitrogens with zero attached hydrogens (tertiary/aromatic N) is 2. The van der Waals surface area contributed by atoms with E-state index in [4.69, 9.17) is 0 Å². The second-order valence-corrected chi connectivity index (χ2v) is 6.50. The van der Waals surface area contributed by atoms with Crippen molar-refractivity contribution in [3.63, 3.8) is 0 Å². The molecule has 1 aromatic carbocycles. The molecule has 0 bridgehead atoms. The number of benzene rings is 1. The monoisotopic (exact) mass is 330 g/mol. The molecule has 1 aromatic rings. The first kappa shape index (κ1) is 17.0. The first-order valence-electron chi connectivity index (χ1n) is 6.95. The van der Waals surface area contributed by atoms with Crippen LogP contribution in [0.3, 0.4) is 0 Å². The zero-order chi connectivity index (χ0) is 16.3. The van der Waals surface area contributed by atoms with Gasteiger partial charge in [0.1, 0.15) is 5.75 Å². The Morgan fingerprint density at radius 1 is 1.41 bits per heavy atom. The van der Waals surface area contributed by atoms with Crippen LogP contribution in [0.25, 0.3) is 0 Å². The number of likely N-dealkylation sites (tertiary alicyclic amines) is 1. The number of hydrogen-bond acceptors (Lipinski definition) is 4. The van der Waals surface area contributed by atoms with Gasteiger partial charge in [-0.2, -0.15) is 20.5 Å². The molecule has 1 fully saturated rings. The van der Waals surface area contributed by atoms with E-state index in [0.29, 0.717) is 29.9 Å². The molecule has 7 heteroatoms. The maximum Gasteiger partial charge on any atom is 0.387 e. The Kier molecular flexibility index (Phi) is 5.63. The minimum Gasteiger partial charge on any atom is -0.435 e. The standard InChI is InChI=1S/C15H20F2N2O2S/c1-18(2)12-8-19(9-13(12)22-3)14(20)10-5-4-6-11(7-10)21-15(16)17/h4-7,12-13,15H,8-9H2,1-3H3/t12-,13+/m0/s1. The molecule has 0 N–H and O–H groups in total. The molecular weight excluding hydrogens is 310 g/mol. The van der Waals surface area contributed by atoms with Gasteiger partial charge in [-0.25, -0.2) is 0 Å². The Labute approximate surface area is 133 Å². The van der Waals surface area contributed by atoms with Gasteiger partial charge in [0, 0.05) is 29.9 Å². The summed E-state index contributed by atoms with van der Waals surface area (Å²) in [6.07, 6.45) is 2.03. The van der Waals surface area contributed by atoms with Gasteiger partial charge in [-0.3, -0.25) is 4.79 Å². The molecule has 0 aliphatic carbocycles. The van der Waals surface area contributed by atoms with E-state index in [0.717, 1.165) is 0 Å². The largest absolute Gasteiger partial charge is 0.435 e. The average Bonchev–Trinajstić information content (AvgIpc) is 2.90. The molecule has 0 spiro atoms. The minimum absolute atomic E-state index is 0.00521. The van der Waals surface area contributed by atoms with Crippen molar-refractivity contribution in [2.75, 3.05) is 33.4 Å². The van der Waals surface area contributed by atoms with Crippen LogP contribution in [0.4, 0.5) is 8.78 Å². The predicted octanol–water partition coefficient (Wildman–Crippen LogP) is 2.41. The molecule has 1 aliphatic heterocycles. The molecular formula is C15H20F2N2O2S. The van der Waals surface area contributed by atoms with Crippen molar-refractivity contribution in [1.29, 1.82) is 0 Å². The van der Waals surface area contributed by atoms with E-state index in [9.17, 15) is 13.6 Å². The van der Waals surface area contributed by atoms with Gasteiger partial charge in [0.15, 0.2) is 0 Å². The third-order valence-electron chi connectivity index (χ3n) is 3.80. The van der Waals surface area contributed by atoms with Crippen molar-refractivity contribution < 1.29 is 18.3 Å². The molecule has 1 amide bonds. The van der Waals surface area contributed by atoms with Crippen LogP contribution in [0.2, 0.25) is 0 Å². The van der Waals surface area contributed by atoms with Gasteiger partial charge in [0.2, 0.25) is 0 Å². The lowest BCUT2D eigenvalue weighted by molar-refractivity contribution is -0.0499. The van der Waals surface area contributed by atoms with Crippen molar-refractivity contribution >= 4 is 17.7 Å². The normalized spacial score (nSPS) is 21.7. The molecule has 0 unspecified atom stereocenters. The number of alkyl halides is 2. The maximum atomic E-state index is 12.6. The summed E-state index contributed by atoms with van der Waals surface area (Å²) >= 11 is 1.74. The Morgan fingerprint density at radius 3 is 2.68 bits per heavy atom. The Morgan fingerprint density at radius 2 is 2.14 bits per heavy atom. The zero-order valence-corrected chi connectivity index (χ0v) is 13.6. The summed E-state index contributed by atoms with van der Waals surface area (Å²) in [5, 5.41) is 0.347. The number of carbonyl (C=O) groups is 1. The summed E-state index contributed by atoms with van der Waals surface area (Å²) in [7, 11) is 4.00. The Bertz CT molecular complexity index is 528. The van der Waals surface area contributed by atoms with E-state index in [1.54, 1.807) is 28.8 Å². The highest BCUT2D eigenvalue weighted by Gasteiger charge is 2.36. The zero-order valence-electron chi connectivity index (χ0n) is 12.8. The van der Waals surface area contributed by atoms with Gasteiger partial charge in [0.05, 0.1) is 0 Å². The van der Waals surface area contributed by atoms with Gasteiger partial charge in [-0.05, 0) is 38.6 Å². The summed E-state index contributed by atoms with van der Waals surface area (Å²) in [6, 6.07) is 6.25. The minimum atomic E-state index is -2.89. The third kappa shape index (κ3) is 3.89. The summed E-state index contributed by atoms with van der Waals surface area (Å²) < 4.78 is 28.9. The van der Waals surface area contributed by atoms with E-state index in [1.807, 2.05) is 20.4 Å². The number of ether oxygens (including phenoxy) is 1. The van der Waals surface area contributed by atoms with Crippen LogP contribution in [0, 0.1) is 0 Å². The molecule has 1 saturated heterocycles. The number of hydrogen-bond donors (Lipinski definition) is 0. The molecule has 2 rings (SSSR count). The fraction of sp³-hybridized carbons (Fsp3) is 0.533. The molecule has 0 aromatic heterocycles. The second-order valence-electron chi connectivity index (χ2n) is 5.42. The first-order valence-corrected chi connectivity index (χ1v) is 8.24. The number of likely N-dealkylation sites (N-methyl/N-ethyl adjacent to an activating group) is 1. The van der Waals surface area contributed by atoms with Crippen molar-refractivity contribution in [2.24, 2.45) is 0 Å². The second kappa shape index (κ2) is 7.28. The van der Waals surface area contributed by atoms with Gasteiger partial charge < -0.3 is 14.5 Å². The maximum absolute atomic E-state index is 12.6. The lowest BCUT2D eigenvalue weighted by Gasteiger charge is -2.23. The fourth-order valence-electron chi connectivity index (χ4n) is 2.64. The van der Waals surface area contributed by atoms with Crippen LogP contribution in [0.15, 0.2) is 24.3 Å². The summed E-state index contributed by atoms with van der Waals surface area (Å²) in [5.41, 5.74) is 0.373. The van der Waals surface area contributed by atoms with Crippen LogP contribution in [0.5, 0.6) is 5.75 Å². The van der Waals surface area contributed by atoms with E-state index in [1.165, 1.54) is 12.1 Å². The van der Waals surface area contributed by atoms with Crippen molar-refractivity contribution in [2.45, 2.75) is 17.9 Å². The summed E-state index contributed by atoms with van der Waals surface area (Å²) in [5.74, 6) is -0.145. The highest BCUT2D eigenvalue weighted by Crippen LogP contribution is 2.26. The molecule has 1 aliphatic rings. The highest BCUT2D eigenvalue weighted by molar-refractivity contribution is 7.99. The predicted molar refractivity (Wildman–Crippen MR) is 83.8 cm³/mol. The van der Waals surface area contributed by atoms with Gasteiger partial charge in [-0.1, -0.05) is 6.07 Å². The highest BCUT2D eigenvalue weighted by atomic mass is 32.2.